The molecule has 0 atom stereocenters. The van der Waals surface area contributed by atoms with Crippen molar-refractivity contribution in [3.05, 3.63) is 10.6 Å². The van der Waals surface area contributed by atoms with Crippen molar-refractivity contribution >= 4 is 16.5 Å². The second-order valence-electron chi connectivity index (χ2n) is 7.19. The molecule has 1 heterocycles. The summed E-state index contributed by atoms with van der Waals surface area (Å²) in [5.41, 5.74) is 1.40. The van der Waals surface area contributed by atoms with E-state index >= 15 is 0 Å². The Balaban J connectivity index is 2.78. The first kappa shape index (κ1) is 18.4. The van der Waals surface area contributed by atoms with Crippen molar-refractivity contribution in [2.24, 2.45) is 0 Å². The molecule has 0 spiro atoms. The van der Waals surface area contributed by atoms with Gasteiger partial charge in [0.25, 0.3) is 0 Å². The molecule has 0 fully saturated rings. The van der Waals surface area contributed by atoms with Gasteiger partial charge in [0, 0.05) is 30.6 Å². The Bertz CT molecular complexity index is 418. The molecule has 1 aromatic rings. The van der Waals surface area contributed by atoms with Crippen molar-refractivity contribution in [1.82, 2.24) is 10.3 Å². The Morgan fingerprint density at radius 2 is 1.90 bits per heavy atom. The van der Waals surface area contributed by atoms with Crippen LogP contribution in [0.2, 0.25) is 0 Å². The van der Waals surface area contributed by atoms with E-state index in [0.717, 1.165) is 13.1 Å². The molecule has 0 amide bonds. The number of unbranched alkanes of at least 4 members (excludes halogenated alkanes) is 2. The van der Waals surface area contributed by atoms with E-state index in [0.29, 0.717) is 5.92 Å². The monoisotopic (exact) mass is 311 g/mol. The second kappa shape index (κ2) is 8.14. The third-order valence-corrected chi connectivity index (χ3v) is 4.65. The van der Waals surface area contributed by atoms with Gasteiger partial charge in [-0.25, -0.2) is 4.98 Å². The molecule has 0 bridgehead atoms. The zero-order valence-electron chi connectivity index (χ0n) is 14.9. The van der Waals surface area contributed by atoms with Crippen LogP contribution in [-0.4, -0.2) is 24.1 Å². The number of rotatable bonds is 8. The molecule has 1 rings (SSSR count). The number of aromatic nitrogens is 1. The van der Waals surface area contributed by atoms with Gasteiger partial charge in [0.1, 0.15) is 0 Å². The summed E-state index contributed by atoms with van der Waals surface area (Å²) in [7, 11) is 2.17. The topological polar surface area (TPSA) is 28.2 Å². The second-order valence-corrected chi connectivity index (χ2v) is 8.25. The van der Waals surface area contributed by atoms with E-state index in [2.05, 4.69) is 58.8 Å². The van der Waals surface area contributed by atoms with Crippen LogP contribution in [0.25, 0.3) is 0 Å². The Morgan fingerprint density at radius 3 is 2.43 bits per heavy atom. The Morgan fingerprint density at radius 1 is 1.24 bits per heavy atom. The summed E-state index contributed by atoms with van der Waals surface area (Å²) in [6.45, 7) is 15.4. The number of thiazole rings is 1. The van der Waals surface area contributed by atoms with Gasteiger partial charge in [-0.2, -0.15) is 0 Å². The number of nitrogens with one attached hydrogen (secondary N) is 1. The molecule has 0 aliphatic rings. The van der Waals surface area contributed by atoms with Crippen molar-refractivity contribution in [2.75, 3.05) is 18.5 Å². The van der Waals surface area contributed by atoms with Crippen LogP contribution in [0.5, 0.6) is 0 Å². The number of hydrogen-bond donors (Lipinski definition) is 1. The summed E-state index contributed by atoms with van der Waals surface area (Å²) in [6, 6.07) is 0. The minimum absolute atomic E-state index is 0.144. The number of nitrogens with zero attached hydrogens (tertiary/aromatic N) is 2. The van der Waals surface area contributed by atoms with Crippen LogP contribution in [0.4, 0.5) is 5.13 Å². The third-order valence-electron chi connectivity index (χ3n) is 3.47. The van der Waals surface area contributed by atoms with E-state index < -0.39 is 0 Å². The molecule has 0 aliphatic carbocycles. The van der Waals surface area contributed by atoms with Gasteiger partial charge in [0.15, 0.2) is 5.13 Å². The lowest BCUT2D eigenvalue weighted by Crippen LogP contribution is -2.35. The zero-order valence-corrected chi connectivity index (χ0v) is 15.7. The maximum atomic E-state index is 4.89. The van der Waals surface area contributed by atoms with Crippen LogP contribution in [0.1, 0.15) is 77.3 Å². The molecule has 21 heavy (non-hydrogen) atoms. The highest BCUT2D eigenvalue weighted by Crippen LogP contribution is 2.30. The highest BCUT2D eigenvalue weighted by atomic mass is 32.1. The first-order chi connectivity index (χ1) is 9.74. The largest absolute Gasteiger partial charge is 0.351 e. The summed E-state index contributed by atoms with van der Waals surface area (Å²) in [6.07, 6.45) is 3.81. The van der Waals surface area contributed by atoms with Crippen molar-refractivity contribution in [3.63, 3.8) is 0 Å². The molecule has 1 N–H and O–H groups in total. The lowest BCUT2D eigenvalue weighted by Gasteiger charge is -2.20. The standard InChI is InChI=1S/C17H33N3S/c1-8-9-10-11-20(7)16-19-15(13(2)3)14(21-16)12-18-17(4,5)6/h13,18H,8-12H2,1-7H3. The molecule has 0 saturated heterocycles. The van der Waals surface area contributed by atoms with E-state index in [1.807, 2.05) is 11.3 Å². The van der Waals surface area contributed by atoms with Crippen LogP contribution in [0, 0.1) is 0 Å². The van der Waals surface area contributed by atoms with Crippen molar-refractivity contribution in [1.29, 1.82) is 0 Å². The van der Waals surface area contributed by atoms with Crippen molar-refractivity contribution in [2.45, 2.75) is 78.8 Å². The lowest BCUT2D eigenvalue weighted by atomic mass is 10.1. The average molecular weight is 312 g/mol. The molecule has 1 aromatic heterocycles. The fraction of sp³-hybridized carbons (Fsp3) is 0.824. The highest BCUT2D eigenvalue weighted by Gasteiger charge is 2.18. The fourth-order valence-electron chi connectivity index (χ4n) is 2.13. The van der Waals surface area contributed by atoms with Gasteiger partial charge in [0.05, 0.1) is 5.69 Å². The predicted octanol–water partition coefficient (Wildman–Crippen LogP) is 4.78. The lowest BCUT2D eigenvalue weighted by molar-refractivity contribution is 0.425. The van der Waals surface area contributed by atoms with Crippen LogP contribution >= 0.6 is 11.3 Å². The molecular formula is C17H33N3S. The highest BCUT2D eigenvalue weighted by molar-refractivity contribution is 7.15. The molecule has 0 aromatic carbocycles. The first-order valence-corrected chi connectivity index (χ1v) is 9.02. The number of hydrogen-bond acceptors (Lipinski definition) is 4. The maximum Gasteiger partial charge on any atom is 0.185 e. The van der Waals surface area contributed by atoms with Crippen LogP contribution < -0.4 is 10.2 Å². The van der Waals surface area contributed by atoms with Crippen LogP contribution in [0.3, 0.4) is 0 Å². The van der Waals surface area contributed by atoms with E-state index in [-0.39, 0.29) is 5.54 Å². The molecule has 122 valence electrons. The minimum atomic E-state index is 0.144. The molecule has 4 heteroatoms. The van der Waals surface area contributed by atoms with E-state index in [9.17, 15) is 0 Å². The van der Waals surface area contributed by atoms with Gasteiger partial charge in [-0.3, -0.25) is 0 Å². The third kappa shape index (κ3) is 6.35. The van der Waals surface area contributed by atoms with E-state index in [1.165, 1.54) is 35.0 Å². The Labute approximate surface area is 135 Å². The summed E-state index contributed by atoms with van der Waals surface area (Å²) in [5.74, 6) is 0.482. The van der Waals surface area contributed by atoms with Gasteiger partial charge < -0.3 is 10.2 Å². The molecule has 0 saturated carbocycles. The average Bonchev–Trinajstić information content (AvgIpc) is 2.80. The maximum absolute atomic E-state index is 4.89. The minimum Gasteiger partial charge on any atom is -0.351 e. The summed E-state index contributed by atoms with van der Waals surface area (Å²) in [5, 5.41) is 4.76. The van der Waals surface area contributed by atoms with Gasteiger partial charge in [-0.15, -0.1) is 11.3 Å². The molecule has 3 nitrogen and oxygen atoms in total. The van der Waals surface area contributed by atoms with Crippen molar-refractivity contribution < 1.29 is 0 Å². The van der Waals surface area contributed by atoms with E-state index in [1.54, 1.807) is 0 Å². The van der Waals surface area contributed by atoms with Gasteiger partial charge in [0.2, 0.25) is 0 Å². The summed E-state index contributed by atoms with van der Waals surface area (Å²) < 4.78 is 0. The smallest absolute Gasteiger partial charge is 0.185 e. The van der Waals surface area contributed by atoms with Crippen LogP contribution in [0.15, 0.2) is 0 Å². The first-order valence-electron chi connectivity index (χ1n) is 8.20. The SMILES string of the molecule is CCCCCN(C)c1nc(C(C)C)c(CNC(C)(C)C)s1. The van der Waals surface area contributed by atoms with E-state index in [4.69, 9.17) is 4.98 Å². The Hall–Kier alpha value is -0.610. The zero-order chi connectivity index (χ0) is 16.0. The number of anilines is 1. The molecule has 0 radical (unpaired) electrons. The van der Waals surface area contributed by atoms with Gasteiger partial charge in [-0.05, 0) is 33.1 Å². The van der Waals surface area contributed by atoms with Crippen molar-refractivity contribution in [3.8, 4) is 0 Å². The predicted molar refractivity (Wildman–Crippen MR) is 95.6 cm³/mol. The molecule has 0 aliphatic heterocycles. The summed E-state index contributed by atoms with van der Waals surface area (Å²) >= 11 is 1.85. The summed E-state index contributed by atoms with van der Waals surface area (Å²) in [4.78, 5) is 8.59. The normalized spacial score (nSPS) is 12.2. The fourth-order valence-corrected chi connectivity index (χ4v) is 3.27. The Kier molecular flexibility index (Phi) is 7.14. The van der Waals surface area contributed by atoms with Gasteiger partial charge in [-0.1, -0.05) is 33.6 Å². The van der Waals surface area contributed by atoms with Gasteiger partial charge >= 0.3 is 0 Å². The molecular weight excluding hydrogens is 278 g/mol. The quantitative estimate of drug-likeness (QED) is 0.700. The molecule has 0 unspecified atom stereocenters. The van der Waals surface area contributed by atoms with Crippen LogP contribution in [-0.2, 0) is 6.54 Å².